The number of thioether (sulfide) groups is 1. The number of alkyl halides is 1. The van der Waals surface area contributed by atoms with Crippen LogP contribution in [-0.4, -0.2) is 86.0 Å². The van der Waals surface area contributed by atoms with Crippen LogP contribution in [0.1, 0.15) is 17.5 Å². The van der Waals surface area contributed by atoms with E-state index in [-0.39, 0.29) is 17.5 Å². The maximum atomic E-state index is 12.8. The summed E-state index contributed by atoms with van der Waals surface area (Å²) in [7, 11) is 1.48. The molecule has 2 amide bonds. The van der Waals surface area contributed by atoms with Crippen LogP contribution in [-0.2, 0) is 11.3 Å². The van der Waals surface area contributed by atoms with Gasteiger partial charge in [0.05, 0.1) is 26.0 Å². The molecular formula is C26H32FN5O5S. The number of rotatable bonds is 11. The van der Waals surface area contributed by atoms with Crippen molar-refractivity contribution >= 4 is 34.5 Å². The van der Waals surface area contributed by atoms with Gasteiger partial charge >= 0.3 is 11.3 Å². The van der Waals surface area contributed by atoms with Gasteiger partial charge in [-0.1, -0.05) is 23.9 Å². The first-order valence-electron chi connectivity index (χ1n) is 12.4. The Kier molecular flexibility index (Phi) is 10.2. The quantitative estimate of drug-likeness (QED) is 0.410. The fraction of sp³-hybridized carbons (Fsp3) is 0.423. The van der Waals surface area contributed by atoms with Crippen LogP contribution in [0.15, 0.2) is 47.6 Å². The molecule has 10 nitrogen and oxygen atoms in total. The van der Waals surface area contributed by atoms with Crippen LogP contribution >= 0.6 is 11.8 Å². The molecule has 0 aliphatic carbocycles. The highest BCUT2D eigenvalue weighted by Gasteiger charge is 2.23. The summed E-state index contributed by atoms with van der Waals surface area (Å²) < 4.78 is 28.3. The number of hydrogen-bond acceptors (Lipinski definition) is 9. The van der Waals surface area contributed by atoms with Crippen LogP contribution in [0.4, 0.5) is 19.7 Å². The van der Waals surface area contributed by atoms with Gasteiger partial charge in [-0.25, -0.2) is 14.2 Å². The van der Waals surface area contributed by atoms with Crippen molar-refractivity contribution in [1.82, 2.24) is 15.2 Å². The fourth-order valence-corrected chi connectivity index (χ4v) is 4.84. The molecule has 0 unspecified atom stereocenters. The summed E-state index contributed by atoms with van der Waals surface area (Å²) in [4.78, 5) is 27.0. The Labute approximate surface area is 225 Å². The average molecular weight is 546 g/mol. The molecule has 2 heterocycles. The number of carbonyl (C=O) groups is 2. The highest BCUT2D eigenvalue weighted by atomic mass is 32.2. The lowest BCUT2D eigenvalue weighted by molar-refractivity contribution is 0.149. The van der Waals surface area contributed by atoms with Crippen molar-refractivity contribution in [2.75, 3.05) is 64.4 Å². The number of benzene rings is 2. The first kappa shape index (κ1) is 27.7. The Balaban J connectivity index is 1.29. The minimum atomic E-state index is -0.981. The molecule has 1 saturated heterocycles. The molecule has 204 valence electrons. The van der Waals surface area contributed by atoms with E-state index in [9.17, 15) is 14.0 Å². The number of halogens is 1. The van der Waals surface area contributed by atoms with Crippen molar-refractivity contribution in [2.24, 2.45) is 5.10 Å². The number of hydrazone groups is 1. The summed E-state index contributed by atoms with van der Waals surface area (Å²) in [6.45, 7) is 4.58. The van der Waals surface area contributed by atoms with Crippen LogP contribution in [0.2, 0.25) is 0 Å². The maximum absolute atomic E-state index is 12.8. The topological polar surface area (TPSA) is 105 Å². The predicted molar refractivity (Wildman–Crippen MR) is 145 cm³/mol. The molecule has 0 spiro atoms. The number of methoxy groups -OCH3 is 1. The zero-order valence-corrected chi connectivity index (χ0v) is 22.1. The Hall–Kier alpha value is -3.35. The summed E-state index contributed by atoms with van der Waals surface area (Å²) in [6, 6.07) is 12.3. The maximum Gasteiger partial charge on any atom is 0.411 e. The second-order valence-corrected chi connectivity index (χ2v) is 9.61. The van der Waals surface area contributed by atoms with Gasteiger partial charge < -0.3 is 24.4 Å². The molecule has 0 radical (unpaired) electrons. The Morgan fingerprint density at radius 2 is 1.95 bits per heavy atom. The van der Waals surface area contributed by atoms with Gasteiger partial charge in [-0.15, -0.1) is 0 Å². The van der Waals surface area contributed by atoms with Gasteiger partial charge in [0, 0.05) is 49.7 Å². The molecule has 0 bridgehead atoms. The molecule has 2 aliphatic heterocycles. The lowest BCUT2D eigenvalue weighted by atomic mass is 10.1. The molecule has 2 N–H and O–H groups in total. The minimum Gasteiger partial charge on any atom is -0.493 e. The zero-order valence-electron chi connectivity index (χ0n) is 21.3. The fourth-order valence-electron chi connectivity index (χ4n) is 4.10. The summed E-state index contributed by atoms with van der Waals surface area (Å²) in [5, 5.41) is 11.8. The molecule has 0 atom stereocenters. The highest BCUT2D eigenvalue weighted by molar-refractivity contribution is 8.14. The molecular weight excluding hydrogens is 513 g/mol. The Bertz CT molecular complexity index is 1130. The second kappa shape index (κ2) is 14.0. The smallest absolute Gasteiger partial charge is 0.411 e. The van der Waals surface area contributed by atoms with Crippen molar-refractivity contribution in [2.45, 2.75) is 13.0 Å². The van der Waals surface area contributed by atoms with E-state index in [0.717, 1.165) is 56.5 Å². The third-order valence-electron chi connectivity index (χ3n) is 6.09. The molecule has 0 saturated carbocycles. The van der Waals surface area contributed by atoms with Crippen molar-refractivity contribution in [3.8, 4) is 11.5 Å². The van der Waals surface area contributed by atoms with E-state index < -0.39 is 13.0 Å². The molecule has 2 aromatic rings. The number of anilines is 1. The SMILES string of the molecule is COc1ccc(C2=NN(Cc3ccc(NC(=O)OCCCN4CCNCC4)cc3)C(=O)SC2)cc1OCF. The highest BCUT2D eigenvalue weighted by Crippen LogP contribution is 2.30. The molecule has 4 rings (SSSR count). The molecule has 2 aliphatic rings. The van der Waals surface area contributed by atoms with E-state index in [1.165, 1.54) is 12.1 Å². The van der Waals surface area contributed by atoms with E-state index in [0.29, 0.717) is 35.1 Å². The van der Waals surface area contributed by atoms with Crippen LogP contribution < -0.4 is 20.1 Å². The molecule has 0 aromatic heterocycles. The Morgan fingerprint density at radius 1 is 1.16 bits per heavy atom. The van der Waals surface area contributed by atoms with Gasteiger partial charge in [0.2, 0.25) is 6.86 Å². The summed E-state index contributed by atoms with van der Waals surface area (Å²) >= 11 is 1.14. The monoisotopic (exact) mass is 545 g/mol. The second-order valence-electron chi connectivity index (χ2n) is 8.68. The van der Waals surface area contributed by atoms with E-state index in [2.05, 4.69) is 20.6 Å². The first-order valence-corrected chi connectivity index (χ1v) is 13.4. The third kappa shape index (κ3) is 7.83. The molecule has 1 fully saturated rings. The van der Waals surface area contributed by atoms with Crippen LogP contribution in [0.5, 0.6) is 11.5 Å². The number of carbonyl (C=O) groups excluding carboxylic acids is 2. The molecule has 2 aromatic carbocycles. The van der Waals surface area contributed by atoms with E-state index in [1.807, 2.05) is 12.1 Å². The number of nitrogens with one attached hydrogen (secondary N) is 2. The minimum absolute atomic E-state index is 0.172. The molecule has 38 heavy (non-hydrogen) atoms. The van der Waals surface area contributed by atoms with Gasteiger partial charge in [-0.2, -0.15) is 5.10 Å². The Morgan fingerprint density at radius 3 is 2.68 bits per heavy atom. The largest absolute Gasteiger partial charge is 0.493 e. The van der Waals surface area contributed by atoms with Crippen molar-refractivity contribution in [3.63, 3.8) is 0 Å². The summed E-state index contributed by atoms with van der Waals surface area (Å²) in [5.41, 5.74) is 2.82. The van der Waals surface area contributed by atoms with E-state index >= 15 is 0 Å². The van der Waals surface area contributed by atoms with Gasteiger partial charge in [-0.3, -0.25) is 10.1 Å². The van der Waals surface area contributed by atoms with Gasteiger partial charge in [-0.05, 0) is 42.3 Å². The third-order valence-corrected chi connectivity index (χ3v) is 6.96. The lowest BCUT2D eigenvalue weighted by Gasteiger charge is -2.26. The van der Waals surface area contributed by atoms with Gasteiger partial charge in [0.1, 0.15) is 0 Å². The van der Waals surface area contributed by atoms with E-state index in [4.69, 9.17) is 14.2 Å². The lowest BCUT2D eigenvalue weighted by Crippen LogP contribution is -2.43. The number of ether oxygens (including phenoxy) is 3. The molecule has 12 heteroatoms. The normalized spacial score (nSPS) is 16.1. The van der Waals surface area contributed by atoms with Crippen LogP contribution in [0, 0.1) is 0 Å². The summed E-state index contributed by atoms with van der Waals surface area (Å²) in [5.74, 6) is 1.07. The number of hydrogen-bond donors (Lipinski definition) is 2. The van der Waals surface area contributed by atoms with Crippen LogP contribution in [0.3, 0.4) is 0 Å². The number of piperazine rings is 1. The number of nitrogens with zero attached hydrogens (tertiary/aromatic N) is 3. The van der Waals surface area contributed by atoms with Crippen molar-refractivity contribution < 1.29 is 28.2 Å². The standard InChI is InChI=1S/C26H32FN5O5S/c1-35-23-8-5-20(15-24(23)37-18-27)22-17-38-26(34)32(30-22)16-19-3-6-21(7-4-19)29-25(33)36-14-2-11-31-12-9-28-10-13-31/h3-8,15,28H,2,9-14,16-18H2,1H3,(H,29,33). The zero-order chi connectivity index (χ0) is 26.7. The van der Waals surface area contributed by atoms with Gasteiger partial charge in [0.15, 0.2) is 11.5 Å². The average Bonchev–Trinajstić information content (AvgIpc) is 2.94. The van der Waals surface area contributed by atoms with E-state index in [1.54, 1.807) is 30.3 Å². The van der Waals surface area contributed by atoms with Gasteiger partial charge in [0.25, 0.3) is 0 Å². The summed E-state index contributed by atoms with van der Waals surface area (Å²) in [6.07, 6.45) is 0.294. The predicted octanol–water partition coefficient (Wildman–Crippen LogP) is 3.92. The number of amides is 2. The van der Waals surface area contributed by atoms with Crippen molar-refractivity contribution in [1.29, 1.82) is 0 Å². The van der Waals surface area contributed by atoms with Crippen LogP contribution in [0.25, 0.3) is 0 Å². The van der Waals surface area contributed by atoms with Crippen molar-refractivity contribution in [3.05, 3.63) is 53.6 Å². The first-order chi connectivity index (χ1) is 18.6.